The highest BCUT2D eigenvalue weighted by Gasteiger charge is 2.22. The molecule has 3 aromatic carbocycles. The second kappa shape index (κ2) is 18.3. The van der Waals surface area contributed by atoms with Crippen molar-refractivity contribution in [1.29, 1.82) is 0 Å². The van der Waals surface area contributed by atoms with Crippen molar-refractivity contribution >= 4 is 40.8 Å². The van der Waals surface area contributed by atoms with Crippen LogP contribution in [0.5, 0.6) is 5.75 Å². The highest BCUT2D eigenvalue weighted by atomic mass is 16.6. The third kappa shape index (κ3) is 10.5. The number of hydrogen-bond donors (Lipinski definition) is 4. The Kier molecular flexibility index (Phi) is 13.0. The molecule has 1 fully saturated rings. The van der Waals surface area contributed by atoms with Crippen molar-refractivity contribution in [2.24, 2.45) is 5.73 Å². The Morgan fingerprint density at radius 3 is 2.16 bits per heavy atom. The molecule has 0 unspecified atom stereocenters. The molecule has 5 rings (SSSR count). The zero-order valence-electron chi connectivity index (χ0n) is 27.9. The van der Waals surface area contributed by atoms with Crippen LogP contribution in [0.15, 0.2) is 72.8 Å². The van der Waals surface area contributed by atoms with E-state index in [1.807, 2.05) is 24.3 Å². The molecule has 2 heterocycles. The Balaban J connectivity index is 1.22. The molecule has 0 saturated carbocycles. The summed E-state index contributed by atoms with van der Waals surface area (Å²) in [6, 6.07) is 21.3. The standard InChI is InChI=1S/C34H42N10O6/c1-48-30-12-2-25(3-13-30)24-37-32-39-33(38-27-6-4-26(5-7-27)31(45)36-15-21-50-23-22-49-20-14-35)41-34(40-32)43-18-16-42(17-19-43)28-8-10-29(11-9-28)44(46)47/h2-13H,14-24,35H2,1H3,(H,36,45)(H2,37,38,39,40,41). The molecule has 0 spiro atoms. The number of aromatic nitrogens is 3. The summed E-state index contributed by atoms with van der Waals surface area (Å²) in [6.07, 6.45) is 0. The van der Waals surface area contributed by atoms with E-state index in [-0.39, 0.29) is 11.6 Å². The minimum atomic E-state index is -0.401. The lowest BCUT2D eigenvalue weighted by atomic mass is 10.2. The maximum absolute atomic E-state index is 12.6. The van der Waals surface area contributed by atoms with Gasteiger partial charge in [-0.2, -0.15) is 15.0 Å². The average molecular weight is 687 g/mol. The number of hydrogen-bond acceptors (Lipinski definition) is 14. The lowest BCUT2D eigenvalue weighted by Crippen LogP contribution is -2.47. The van der Waals surface area contributed by atoms with Gasteiger partial charge in [-0.15, -0.1) is 0 Å². The van der Waals surface area contributed by atoms with Gasteiger partial charge in [0.25, 0.3) is 11.6 Å². The fraction of sp³-hybridized carbons (Fsp3) is 0.353. The number of methoxy groups -OCH3 is 1. The number of nitrogens with one attached hydrogen (secondary N) is 3. The lowest BCUT2D eigenvalue weighted by molar-refractivity contribution is -0.384. The van der Waals surface area contributed by atoms with E-state index in [0.29, 0.717) is 101 Å². The number of benzene rings is 3. The largest absolute Gasteiger partial charge is 0.497 e. The van der Waals surface area contributed by atoms with Gasteiger partial charge in [-0.05, 0) is 54.1 Å². The topological polar surface area (TPSA) is 195 Å². The van der Waals surface area contributed by atoms with Crippen LogP contribution in [0.3, 0.4) is 0 Å². The monoisotopic (exact) mass is 686 g/mol. The van der Waals surface area contributed by atoms with Crippen LogP contribution in [-0.2, 0) is 16.0 Å². The Labute approximate surface area is 290 Å². The van der Waals surface area contributed by atoms with Crippen LogP contribution in [0.4, 0.5) is 34.9 Å². The van der Waals surface area contributed by atoms with E-state index in [9.17, 15) is 14.9 Å². The number of nitrogens with two attached hydrogens (primary N) is 1. The van der Waals surface area contributed by atoms with Crippen molar-refractivity contribution in [2.75, 3.05) is 93.2 Å². The van der Waals surface area contributed by atoms with Gasteiger partial charge in [0.15, 0.2) is 0 Å². The average Bonchev–Trinajstić information content (AvgIpc) is 3.15. The first-order valence-corrected chi connectivity index (χ1v) is 16.3. The number of non-ortho nitro benzene ring substituents is 1. The van der Waals surface area contributed by atoms with Crippen LogP contribution in [0.25, 0.3) is 0 Å². The molecule has 16 heteroatoms. The molecule has 1 aromatic heterocycles. The predicted octanol–water partition coefficient (Wildman–Crippen LogP) is 3.19. The fourth-order valence-corrected chi connectivity index (χ4v) is 5.09. The van der Waals surface area contributed by atoms with Gasteiger partial charge in [-0.1, -0.05) is 12.1 Å². The summed E-state index contributed by atoms with van der Waals surface area (Å²) in [7, 11) is 1.63. The van der Waals surface area contributed by atoms with Gasteiger partial charge >= 0.3 is 0 Å². The third-order valence-electron chi connectivity index (χ3n) is 7.79. The van der Waals surface area contributed by atoms with Crippen LogP contribution in [0, 0.1) is 10.1 Å². The highest BCUT2D eigenvalue weighted by molar-refractivity contribution is 5.94. The quantitative estimate of drug-likeness (QED) is 0.0677. The van der Waals surface area contributed by atoms with E-state index in [0.717, 1.165) is 17.0 Å². The molecule has 16 nitrogen and oxygen atoms in total. The van der Waals surface area contributed by atoms with Crippen LogP contribution in [0.2, 0.25) is 0 Å². The van der Waals surface area contributed by atoms with Crippen LogP contribution in [0.1, 0.15) is 15.9 Å². The number of ether oxygens (including phenoxy) is 3. The molecule has 1 aliphatic heterocycles. The van der Waals surface area contributed by atoms with Gasteiger partial charge in [0.1, 0.15) is 5.75 Å². The van der Waals surface area contributed by atoms with E-state index >= 15 is 0 Å². The molecule has 0 bridgehead atoms. The molecule has 264 valence electrons. The van der Waals surface area contributed by atoms with Crippen molar-refractivity contribution in [3.63, 3.8) is 0 Å². The van der Waals surface area contributed by atoms with Crippen molar-refractivity contribution in [3.05, 3.63) is 94.0 Å². The van der Waals surface area contributed by atoms with Gasteiger partial charge in [0, 0.05) is 74.9 Å². The van der Waals surface area contributed by atoms with Crippen molar-refractivity contribution < 1.29 is 23.9 Å². The fourth-order valence-electron chi connectivity index (χ4n) is 5.09. The van der Waals surface area contributed by atoms with Gasteiger partial charge in [-0.3, -0.25) is 14.9 Å². The Hall–Kier alpha value is -5.58. The lowest BCUT2D eigenvalue weighted by Gasteiger charge is -2.36. The molecular weight excluding hydrogens is 644 g/mol. The highest BCUT2D eigenvalue weighted by Crippen LogP contribution is 2.24. The Morgan fingerprint density at radius 2 is 1.50 bits per heavy atom. The number of carbonyl (C=O) groups excluding carboxylic acids is 1. The van der Waals surface area contributed by atoms with Gasteiger partial charge in [0.2, 0.25) is 17.8 Å². The molecule has 1 amide bonds. The first kappa shape index (κ1) is 35.7. The number of nitro benzene ring substituents is 1. The summed E-state index contributed by atoms with van der Waals surface area (Å²) >= 11 is 0. The minimum absolute atomic E-state index is 0.0624. The van der Waals surface area contributed by atoms with Crippen molar-refractivity contribution in [1.82, 2.24) is 20.3 Å². The van der Waals surface area contributed by atoms with E-state index < -0.39 is 4.92 Å². The van der Waals surface area contributed by atoms with E-state index in [1.54, 1.807) is 43.5 Å². The SMILES string of the molecule is COc1ccc(CNc2nc(Nc3ccc(C(=O)NCCOCCOCCN)cc3)nc(N3CCN(c4ccc([N+](=O)[O-])cc4)CC3)n2)cc1. The third-order valence-corrected chi connectivity index (χ3v) is 7.79. The molecule has 1 aliphatic rings. The molecular formula is C34H42N10O6. The summed E-state index contributed by atoms with van der Waals surface area (Å²) in [5, 5.41) is 20.5. The van der Waals surface area contributed by atoms with Gasteiger partial charge in [-0.25, -0.2) is 0 Å². The molecule has 0 atom stereocenters. The zero-order valence-corrected chi connectivity index (χ0v) is 27.9. The number of nitro groups is 1. The minimum Gasteiger partial charge on any atom is -0.497 e. The second-order valence-corrected chi connectivity index (χ2v) is 11.2. The molecule has 5 N–H and O–H groups in total. The number of carbonyl (C=O) groups is 1. The van der Waals surface area contributed by atoms with Crippen LogP contribution in [-0.4, -0.2) is 98.6 Å². The van der Waals surface area contributed by atoms with Gasteiger partial charge in [0.05, 0.1) is 38.5 Å². The number of anilines is 5. The van der Waals surface area contributed by atoms with Crippen LogP contribution >= 0.6 is 0 Å². The second-order valence-electron chi connectivity index (χ2n) is 11.2. The maximum atomic E-state index is 12.6. The van der Waals surface area contributed by atoms with E-state index in [2.05, 4.69) is 30.7 Å². The van der Waals surface area contributed by atoms with E-state index in [1.165, 1.54) is 12.1 Å². The smallest absolute Gasteiger partial charge is 0.269 e. The number of amides is 1. The molecule has 0 aliphatic carbocycles. The summed E-state index contributed by atoms with van der Waals surface area (Å²) < 4.78 is 16.0. The molecule has 0 radical (unpaired) electrons. The summed E-state index contributed by atoms with van der Waals surface area (Å²) in [5.74, 6) is 1.81. The number of rotatable bonds is 18. The number of piperazine rings is 1. The molecule has 1 saturated heterocycles. The Morgan fingerprint density at radius 1 is 0.840 bits per heavy atom. The molecule has 50 heavy (non-hydrogen) atoms. The first-order valence-electron chi connectivity index (χ1n) is 16.3. The molecule has 4 aromatic rings. The summed E-state index contributed by atoms with van der Waals surface area (Å²) in [4.78, 5) is 41.6. The van der Waals surface area contributed by atoms with Crippen molar-refractivity contribution in [2.45, 2.75) is 6.54 Å². The first-order chi connectivity index (χ1) is 24.4. The summed E-state index contributed by atoms with van der Waals surface area (Å²) in [5.41, 5.74) is 8.60. The maximum Gasteiger partial charge on any atom is 0.269 e. The van der Waals surface area contributed by atoms with Crippen molar-refractivity contribution in [3.8, 4) is 5.75 Å². The number of nitrogens with zero attached hydrogens (tertiary/aromatic N) is 6. The zero-order chi connectivity index (χ0) is 35.1. The Bertz CT molecular complexity index is 1670. The summed E-state index contributed by atoms with van der Waals surface area (Å²) in [6.45, 7) is 5.72. The normalized spacial score (nSPS) is 12.8. The van der Waals surface area contributed by atoms with Gasteiger partial charge < -0.3 is 45.7 Å². The predicted molar refractivity (Wildman–Crippen MR) is 190 cm³/mol. The van der Waals surface area contributed by atoms with Crippen LogP contribution < -0.4 is 36.2 Å². The van der Waals surface area contributed by atoms with E-state index in [4.69, 9.17) is 29.9 Å².